The molecule has 1 aromatic rings. The number of hydrogen-bond donors (Lipinski definition) is 0. The smallest absolute Gasteiger partial charge is 0.178 e. The van der Waals surface area contributed by atoms with E-state index in [4.69, 9.17) is 0 Å². The van der Waals surface area contributed by atoms with E-state index >= 15 is 0 Å². The van der Waals surface area contributed by atoms with Gasteiger partial charge in [0.1, 0.15) is 5.78 Å². The molecule has 0 bridgehead atoms. The second-order valence-corrected chi connectivity index (χ2v) is 7.61. The van der Waals surface area contributed by atoms with Crippen molar-refractivity contribution in [3.63, 3.8) is 0 Å². The summed E-state index contributed by atoms with van der Waals surface area (Å²) in [5.41, 5.74) is 0.141. The van der Waals surface area contributed by atoms with Gasteiger partial charge in [-0.15, -0.1) is 0 Å². The fourth-order valence-corrected chi connectivity index (χ4v) is 2.68. The quantitative estimate of drug-likeness (QED) is 0.843. The summed E-state index contributed by atoms with van der Waals surface area (Å²) >= 11 is 0. The molecule has 3 nitrogen and oxygen atoms in total. The second kappa shape index (κ2) is 5.22. The predicted octanol–water partition coefficient (Wildman–Crippen LogP) is 2.64. The van der Waals surface area contributed by atoms with Crippen LogP contribution in [0.25, 0.3) is 0 Å². The lowest BCUT2D eigenvalue weighted by Crippen LogP contribution is -2.23. The van der Waals surface area contributed by atoms with E-state index in [0.29, 0.717) is 5.56 Å². The molecule has 0 saturated heterocycles. The summed E-state index contributed by atoms with van der Waals surface area (Å²) in [4.78, 5) is 12.3. The number of ketones is 1. The van der Waals surface area contributed by atoms with Crippen molar-refractivity contribution in [3.05, 3.63) is 29.8 Å². The van der Waals surface area contributed by atoms with Crippen LogP contribution in [-0.2, 0) is 21.1 Å². The molecule has 18 heavy (non-hydrogen) atoms. The van der Waals surface area contributed by atoms with Crippen molar-refractivity contribution in [2.45, 2.75) is 39.0 Å². The Morgan fingerprint density at radius 3 is 2.22 bits per heavy atom. The first-order valence-corrected chi connectivity index (χ1v) is 7.67. The van der Waals surface area contributed by atoms with E-state index in [0.717, 1.165) is 0 Å². The Morgan fingerprint density at radius 1 is 1.17 bits per heavy atom. The molecule has 0 radical (unpaired) electrons. The minimum atomic E-state index is -3.27. The van der Waals surface area contributed by atoms with Gasteiger partial charge in [0, 0.05) is 11.8 Å². The Hall–Kier alpha value is -1.16. The lowest BCUT2D eigenvalue weighted by molar-refractivity contribution is -0.125. The van der Waals surface area contributed by atoms with Crippen molar-refractivity contribution in [2.24, 2.45) is 5.41 Å². The number of rotatable bonds is 4. The van der Waals surface area contributed by atoms with E-state index in [1.807, 2.05) is 20.8 Å². The highest BCUT2D eigenvalue weighted by Gasteiger charge is 2.24. The molecule has 0 N–H and O–H groups in total. The molecule has 0 aliphatic heterocycles. The normalized spacial score (nSPS) is 12.4. The molecule has 0 aromatic heterocycles. The van der Waals surface area contributed by atoms with E-state index < -0.39 is 15.3 Å². The summed E-state index contributed by atoms with van der Waals surface area (Å²) in [6.07, 6.45) is 0.166. The molecule has 0 aliphatic carbocycles. The summed E-state index contributed by atoms with van der Waals surface area (Å²) in [6.45, 7) is 7.13. The van der Waals surface area contributed by atoms with Crippen molar-refractivity contribution in [1.82, 2.24) is 0 Å². The molecule has 0 spiro atoms. The standard InChI is InChI=1S/C14H20O3S/c1-5-18(16,17)12-9-7-6-8-11(12)10-13(15)14(2,3)4/h6-9H,5,10H2,1-4H3. The van der Waals surface area contributed by atoms with E-state index in [9.17, 15) is 13.2 Å². The van der Waals surface area contributed by atoms with Crippen LogP contribution < -0.4 is 0 Å². The lowest BCUT2D eigenvalue weighted by Gasteiger charge is -2.17. The average Bonchev–Trinajstić information content (AvgIpc) is 2.28. The maximum atomic E-state index is 12.0. The molecule has 0 aliphatic rings. The number of Topliss-reactive ketones (excluding diaryl/α,β-unsaturated/α-hetero) is 1. The minimum absolute atomic E-state index is 0.0428. The average molecular weight is 268 g/mol. The van der Waals surface area contributed by atoms with Gasteiger partial charge in [-0.05, 0) is 11.6 Å². The zero-order valence-corrected chi connectivity index (χ0v) is 12.2. The Labute approximate surface area is 109 Å². The van der Waals surface area contributed by atoms with Gasteiger partial charge in [-0.3, -0.25) is 4.79 Å². The van der Waals surface area contributed by atoms with Crippen LogP contribution in [0.2, 0.25) is 0 Å². The Morgan fingerprint density at radius 2 is 1.72 bits per heavy atom. The summed E-state index contributed by atoms with van der Waals surface area (Å²) in [5, 5.41) is 0. The third kappa shape index (κ3) is 3.42. The van der Waals surface area contributed by atoms with Crippen LogP contribution >= 0.6 is 0 Å². The minimum Gasteiger partial charge on any atom is -0.299 e. The molecule has 0 heterocycles. The monoisotopic (exact) mass is 268 g/mol. The maximum absolute atomic E-state index is 12.0. The first-order valence-electron chi connectivity index (χ1n) is 6.02. The summed E-state index contributed by atoms with van der Waals surface area (Å²) in [5.74, 6) is 0.0922. The zero-order valence-electron chi connectivity index (χ0n) is 11.4. The van der Waals surface area contributed by atoms with Crippen LogP contribution in [0.5, 0.6) is 0 Å². The molecular weight excluding hydrogens is 248 g/mol. The van der Waals surface area contributed by atoms with Gasteiger partial charge in [-0.2, -0.15) is 0 Å². The summed E-state index contributed by atoms with van der Waals surface area (Å²) in [7, 11) is -3.27. The van der Waals surface area contributed by atoms with Crippen LogP contribution in [0.15, 0.2) is 29.2 Å². The number of hydrogen-bond acceptors (Lipinski definition) is 3. The van der Waals surface area contributed by atoms with Gasteiger partial charge in [0.2, 0.25) is 0 Å². The number of carbonyl (C=O) groups is 1. The fourth-order valence-electron chi connectivity index (χ4n) is 1.55. The molecule has 0 atom stereocenters. The van der Waals surface area contributed by atoms with Crippen LogP contribution in [0.4, 0.5) is 0 Å². The fraction of sp³-hybridized carbons (Fsp3) is 0.500. The van der Waals surface area contributed by atoms with E-state index in [1.165, 1.54) is 0 Å². The summed E-state index contributed by atoms with van der Waals surface area (Å²) < 4.78 is 23.9. The zero-order chi connectivity index (χ0) is 14.0. The SMILES string of the molecule is CCS(=O)(=O)c1ccccc1CC(=O)C(C)(C)C. The third-order valence-corrected chi connectivity index (χ3v) is 4.70. The first-order chi connectivity index (χ1) is 8.18. The highest BCUT2D eigenvalue weighted by atomic mass is 32.2. The maximum Gasteiger partial charge on any atom is 0.178 e. The Balaban J connectivity index is 3.16. The Bertz CT molecular complexity index is 536. The molecule has 0 unspecified atom stereocenters. The Kier molecular flexibility index (Phi) is 4.32. The van der Waals surface area contributed by atoms with Gasteiger partial charge in [0.25, 0.3) is 0 Å². The number of carbonyl (C=O) groups excluding carboxylic acids is 1. The van der Waals surface area contributed by atoms with Crippen LogP contribution in [0, 0.1) is 5.41 Å². The third-order valence-electron chi connectivity index (χ3n) is 2.88. The molecule has 0 amide bonds. The van der Waals surface area contributed by atoms with Crippen molar-refractivity contribution in [1.29, 1.82) is 0 Å². The molecule has 100 valence electrons. The van der Waals surface area contributed by atoms with Gasteiger partial charge >= 0.3 is 0 Å². The lowest BCUT2D eigenvalue weighted by atomic mass is 9.87. The van der Waals surface area contributed by atoms with Crippen molar-refractivity contribution >= 4 is 15.6 Å². The molecular formula is C14H20O3S. The van der Waals surface area contributed by atoms with Crippen molar-refractivity contribution < 1.29 is 13.2 Å². The number of sulfone groups is 1. The topological polar surface area (TPSA) is 51.2 Å². The highest BCUT2D eigenvalue weighted by Crippen LogP contribution is 2.22. The van der Waals surface area contributed by atoms with E-state index in [2.05, 4.69) is 0 Å². The van der Waals surface area contributed by atoms with Gasteiger partial charge < -0.3 is 0 Å². The van der Waals surface area contributed by atoms with Gasteiger partial charge in [-0.25, -0.2) is 8.42 Å². The predicted molar refractivity (Wildman–Crippen MR) is 72.3 cm³/mol. The number of benzene rings is 1. The summed E-state index contributed by atoms with van der Waals surface area (Å²) in [6, 6.07) is 6.74. The highest BCUT2D eigenvalue weighted by molar-refractivity contribution is 7.91. The van der Waals surface area contributed by atoms with Crippen LogP contribution in [0.1, 0.15) is 33.3 Å². The van der Waals surface area contributed by atoms with Gasteiger partial charge in [-0.1, -0.05) is 45.9 Å². The van der Waals surface area contributed by atoms with Crippen LogP contribution in [-0.4, -0.2) is 20.0 Å². The largest absolute Gasteiger partial charge is 0.299 e. The van der Waals surface area contributed by atoms with Crippen molar-refractivity contribution in [2.75, 3.05) is 5.75 Å². The molecule has 1 rings (SSSR count). The van der Waals surface area contributed by atoms with Crippen molar-refractivity contribution in [3.8, 4) is 0 Å². The molecule has 0 fully saturated rings. The molecule has 1 aromatic carbocycles. The van der Waals surface area contributed by atoms with Gasteiger partial charge in [0.15, 0.2) is 9.84 Å². The first kappa shape index (κ1) is 14.9. The second-order valence-electron chi connectivity index (χ2n) is 5.36. The molecule has 4 heteroatoms. The van der Waals surface area contributed by atoms with Crippen LogP contribution in [0.3, 0.4) is 0 Å². The van der Waals surface area contributed by atoms with E-state index in [1.54, 1.807) is 31.2 Å². The van der Waals surface area contributed by atoms with Gasteiger partial charge in [0.05, 0.1) is 10.6 Å². The molecule has 0 saturated carbocycles. The van der Waals surface area contributed by atoms with E-state index in [-0.39, 0.29) is 22.9 Å².